The van der Waals surface area contributed by atoms with Crippen LogP contribution in [0.1, 0.15) is 33.6 Å². The third kappa shape index (κ3) is 2.12. The lowest BCUT2D eigenvalue weighted by molar-refractivity contribution is 0.145. The second-order valence-corrected chi connectivity index (χ2v) is 5.65. The van der Waals surface area contributed by atoms with E-state index < -0.39 is 0 Å². The topological polar surface area (TPSA) is 15.3 Å². The zero-order valence-electron chi connectivity index (χ0n) is 9.84. The Labute approximate surface area is 88.1 Å². The van der Waals surface area contributed by atoms with E-state index in [-0.39, 0.29) is 0 Å². The molecule has 1 saturated heterocycles. The van der Waals surface area contributed by atoms with Crippen LogP contribution in [0.4, 0.5) is 0 Å². The van der Waals surface area contributed by atoms with Gasteiger partial charge in [0.25, 0.3) is 0 Å². The number of piperazine rings is 1. The molecule has 2 unspecified atom stereocenters. The summed E-state index contributed by atoms with van der Waals surface area (Å²) in [6.45, 7) is 12.1. The first-order valence-corrected chi connectivity index (χ1v) is 6.08. The lowest BCUT2D eigenvalue weighted by Crippen LogP contribution is -2.51. The molecule has 1 aliphatic carbocycles. The molecule has 2 nitrogen and oxygen atoms in total. The lowest BCUT2D eigenvalue weighted by Gasteiger charge is -2.36. The Morgan fingerprint density at radius 1 is 1.43 bits per heavy atom. The lowest BCUT2D eigenvalue weighted by atomic mass is 10.1. The Hall–Kier alpha value is -0.0800. The van der Waals surface area contributed by atoms with Gasteiger partial charge >= 0.3 is 0 Å². The molecule has 1 aliphatic heterocycles. The van der Waals surface area contributed by atoms with E-state index in [4.69, 9.17) is 0 Å². The van der Waals surface area contributed by atoms with Gasteiger partial charge in [0.1, 0.15) is 0 Å². The monoisotopic (exact) mass is 196 g/mol. The Morgan fingerprint density at radius 2 is 2.14 bits per heavy atom. The molecule has 1 saturated carbocycles. The highest BCUT2D eigenvalue weighted by Gasteiger charge is 2.46. The molecule has 2 heteroatoms. The number of rotatable bonds is 3. The average Bonchev–Trinajstić information content (AvgIpc) is 2.75. The SMILES string of the molecule is CCC1CNCCN1CC1CC1(C)C. The van der Waals surface area contributed by atoms with Crippen LogP contribution in [-0.2, 0) is 0 Å². The predicted molar refractivity (Wildman–Crippen MR) is 60.4 cm³/mol. The second-order valence-electron chi connectivity index (χ2n) is 5.65. The molecule has 2 atom stereocenters. The van der Waals surface area contributed by atoms with Gasteiger partial charge in [0.15, 0.2) is 0 Å². The molecule has 0 amide bonds. The molecule has 0 aromatic heterocycles. The number of hydrogen-bond donors (Lipinski definition) is 1. The highest BCUT2D eigenvalue weighted by Crippen LogP contribution is 2.52. The smallest absolute Gasteiger partial charge is 0.0218 e. The highest BCUT2D eigenvalue weighted by molar-refractivity contribution is 4.98. The molecule has 14 heavy (non-hydrogen) atoms. The van der Waals surface area contributed by atoms with Crippen LogP contribution < -0.4 is 5.32 Å². The maximum atomic E-state index is 3.49. The van der Waals surface area contributed by atoms with E-state index in [9.17, 15) is 0 Å². The van der Waals surface area contributed by atoms with Gasteiger partial charge in [0.2, 0.25) is 0 Å². The summed E-state index contributed by atoms with van der Waals surface area (Å²) in [5, 5.41) is 3.49. The molecule has 1 heterocycles. The highest BCUT2D eigenvalue weighted by atomic mass is 15.2. The van der Waals surface area contributed by atoms with Crippen LogP contribution in [0, 0.1) is 11.3 Å². The number of nitrogens with one attached hydrogen (secondary N) is 1. The van der Waals surface area contributed by atoms with Crippen LogP contribution in [0.25, 0.3) is 0 Å². The van der Waals surface area contributed by atoms with Crippen molar-refractivity contribution in [2.45, 2.75) is 39.7 Å². The molecule has 2 fully saturated rings. The molecule has 82 valence electrons. The van der Waals surface area contributed by atoms with Crippen molar-refractivity contribution in [3.63, 3.8) is 0 Å². The molecule has 0 radical (unpaired) electrons. The number of nitrogens with zero attached hydrogens (tertiary/aromatic N) is 1. The summed E-state index contributed by atoms with van der Waals surface area (Å²) in [5.41, 5.74) is 0.642. The minimum Gasteiger partial charge on any atom is -0.314 e. The van der Waals surface area contributed by atoms with Crippen molar-refractivity contribution in [2.24, 2.45) is 11.3 Å². The van der Waals surface area contributed by atoms with Crippen molar-refractivity contribution in [1.29, 1.82) is 0 Å². The Kier molecular flexibility index (Phi) is 2.85. The third-order valence-corrected chi connectivity index (χ3v) is 4.12. The number of hydrogen-bond acceptors (Lipinski definition) is 2. The summed E-state index contributed by atoms with van der Waals surface area (Å²) in [6.07, 6.45) is 2.73. The Morgan fingerprint density at radius 3 is 2.71 bits per heavy atom. The van der Waals surface area contributed by atoms with Gasteiger partial charge in [-0.3, -0.25) is 4.90 Å². The van der Waals surface area contributed by atoms with Gasteiger partial charge in [0.05, 0.1) is 0 Å². The van der Waals surface area contributed by atoms with Gasteiger partial charge in [-0.1, -0.05) is 20.8 Å². The fourth-order valence-electron chi connectivity index (χ4n) is 2.62. The van der Waals surface area contributed by atoms with Crippen molar-refractivity contribution < 1.29 is 0 Å². The van der Waals surface area contributed by atoms with E-state index in [0.29, 0.717) is 5.41 Å². The maximum Gasteiger partial charge on any atom is 0.0218 e. The van der Waals surface area contributed by atoms with Crippen LogP contribution in [0.3, 0.4) is 0 Å². The zero-order valence-corrected chi connectivity index (χ0v) is 9.84. The van der Waals surface area contributed by atoms with E-state index in [1.807, 2.05) is 0 Å². The van der Waals surface area contributed by atoms with Crippen LogP contribution >= 0.6 is 0 Å². The largest absolute Gasteiger partial charge is 0.314 e. The minimum absolute atomic E-state index is 0.642. The first kappa shape index (κ1) is 10.4. The molecule has 0 aromatic rings. The molecule has 1 N–H and O–H groups in total. The van der Waals surface area contributed by atoms with Gasteiger partial charge in [-0.25, -0.2) is 0 Å². The molecular weight excluding hydrogens is 172 g/mol. The summed E-state index contributed by atoms with van der Waals surface area (Å²) in [6, 6.07) is 0.792. The molecule has 0 aromatic carbocycles. The van der Waals surface area contributed by atoms with Crippen molar-refractivity contribution in [1.82, 2.24) is 10.2 Å². The van der Waals surface area contributed by atoms with Crippen molar-refractivity contribution in [2.75, 3.05) is 26.2 Å². The fraction of sp³-hybridized carbons (Fsp3) is 1.00. The second kappa shape index (κ2) is 3.82. The Balaban J connectivity index is 1.83. The molecule has 0 spiro atoms. The van der Waals surface area contributed by atoms with Crippen LogP contribution in [0.5, 0.6) is 0 Å². The molecule has 2 rings (SSSR count). The first-order chi connectivity index (χ1) is 6.63. The van der Waals surface area contributed by atoms with Gasteiger partial charge < -0.3 is 5.32 Å². The minimum atomic E-state index is 0.642. The summed E-state index contributed by atoms with van der Waals surface area (Å²) in [4.78, 5) is 2.70. The Bertz CT molecular complexity index is 200. The van der Waals surface area contributed by atoms with Gasteiger partial charge in [-0.2, -0.15) is 0 Å². The van der Waals surface area contributed by atoms with Gasteiger partial charge in [-0.05, 0) is 24.2 Å². The summed E-state index contributed by atoms with van der Waals surface area (Å²) in [5.74, 6) is 0.967. The van der Waals surface area contributed by atoms with Gasteiger partial charge in [0, 0.05) is 32.2 Å². The molecular formula is C12H24N2. The van der Waals surface area contributed by atoms with Gasteiger partial charge in [-0.15, -0.1) is 0 Å². The van der Waals surface area contributed by atoms with Crippen molar-refractivity contribution >= 4 is 0 Å². The van der Waals surface area contributed by atoms with Crippen LogP contribution in [0.2, 0.25) is 0 Å². The quantitative estimate of drug-likeness (QED) is 0.739. The summed E-state index contributed by atoms with van der Waals surface area (Å²) < 4.78 is 0. The summed E-state index contributed by atoms with van der Waals surface area (Å²) >= 11 is 0. The zero-order chi connectivity index (χ0) is 10.2. The normalized spacial score (nSPS) is 37.1. The van der Waals surface area contributed by atoms with Crippen LogP contribution in [-0.4, -0.2) is 37.1 Å². The first-order valence-electron chi connectivity index (χ1n) is 6.08. The van der Waals surface area contributed by atoms with Crippen molar-refractivity contribution in [3.8, 4) is 0 Å². The molecule has 0 bridgehead atoms. The van der Waals surface area contributed by atoms with Crippen LogP contribution in [0.15, 0.2) is 0 Å². The summed E-state index contributed by atoms with van der Waals surface area (Å²) in [7, 11) is 0. The van der Waals surface area contributed by atoms with E-state index in [1.54, 1.807) is 0 Å². The standard InChI is InChI=1S/C12H24N2/c1-4-11-8-13-5-6-14(11)9-10-7-12(10,2)3/h10-11,13H,4-9H2,1-3H3. The van der Waals surface area contributed by atoms with E-state index >= 15 is 0 Å². The van der Waals surface area contributed by atoms with Crippen molar-refractivity contribution in [3.05, 3.63) is 0 Å². The van der Waals surface area contributed by atoms with E-state index in [2.05, 4.69) is 31.0 Å². The van der Waals surface area contributed by atoms with E-state index in [0.717, 1.165) is 12.0 Å². The van der Waals surface area contributed by atoms with E-state index in [1.165, 1.54) is 39.0 Å². The molecule has 2 aliphatic rings. The maximum absolute atomic E-state index is 3.49. The third-order valence-electron chi connectivity index (χ3n) is 4.12. The predicted octanol–water partition coefficient (Wildman–Crippen LogP) is 1.72. The average molecular weight is 196 g/mol. The fourth-order valence-corrected chi connectivity index (χ4v) is 2.62.